The lowest BCUT2D eigenvalue weighted by Gasteiger charge is -2.33. The van der Waals surface area contributed by atoms with Gasteiger partial charge in [0.2, 0.25) is 6.41 Å². The number of carbonyl (C=O) groups excluding carboxylic acids is 2. The zero-order valence-electron chi connectivity index (χ0n) is 17.9. The van der Waals surface area contributed by atoms with E-state index in [-0.39, 0.29) is 5.91 Å². The van der Waals surface area contributed by atoms with Crippen molar-refractivity contribution in [2.75, 3.05) is 43.5 Å². The zero-order valence-corrected chi connectivity index (χ0v) is 17.9. The summed E-state index contributed by atoms with van der Waals surface area (Å²) in [6.45, 7) is 6.09. The molecule has 4 rings (SSSR count). The predicted molar refractivity (Wildman–Crippen MR) is 120 cm³/mol. The minimum Gasteiger partial charge on any atom is -0.380 e. The van der Waals surface area contributed by atoms with Crippen LogP contribution in [0, 0.1) is 0 Å². The third-order valence-corrected chi connectivity index (χ3v) is 5.68. The molecule has 8 heteroatoms. The molecule has 0 unspecified atom stereocenters. The van der Waals surface area contributed by atoms with Crippen LogP contribution in [0.15, 0.2) is 42.6 Å². The van der Waals surface area contributed by atoms with Crippen LogP contribution in [-0.2, 0) is 22.7 Å². The minimum absolute atomic E-state index is 0.171. The molecule has 3 aromatic rings. The van der Waals surface area contributed by atoms with Gasteiger partial charge in [-0.1, -0.05) is 12.1 Å². The number of aryl methyl sites for hydroxylation is 1. The summed E-state index contributed by atoms with van der Waals surface area (Å²) < 4.78 is 7.32. The molecule has 0 saturated carbocycles. The molecule has 0 spiro atoms. The van der Waals surface area contributed by atoms with Gasteiger partial charge in [-0.2, -0.15) is 0 Å². The molecule has 2 amide bonds. The Hall–Kier alpha value is -3.39. The second-order valence-electron chi connectivity index (χ2n) is 7.54. The number of pyridine rings is 1. The topological polar surface area (TPSA) is 79.7 Å². The molecule has 1 aromatic carbocycles. The van der Waals surface area contributed by atoms with Gasteiger partial charge in [-0.15, -0.1) is 0 Å². The van der Waals surface area contributed by atoms with Crippen LogP contribution in [-0.4, -0.2) is 60.1 Å². The summed E-state index contributed by atoms with van der Waals surface area (Å²) in [5.41, 5.74) is 3.33. The lowest BCUT2D eigenvalue weighted by Crippen LogP contribution is -2.46. The van der Waals surface area contributed by atoms with E-state index in [0.717, 1.165) is 41.8 Å². The van der Waals surface area contributed by atoms with Crippen LogP contribution in [0.1, 0.15) is 23.0 Å². The summed E-state index contributed by atoms with van der Waals surface area (Å²) in [6.07, 6.45) is 2.56. The van der Waals surface area contributed by atoms with Crippen molar-refractivity contribution in [3.8, 4) is 0 Å². The number of hydrogen-bond acceptors (Lipinski definition) is 5. The molecule has 1 N–H and O–H groups in total. The molecule has 1 aliphatic rings. The largest absolute Gasteiger partial charge is 0.380 e. The summed E-state index contributed by atoms with van der Waals surface area (Å²) in [7, 11) is 1.67. The summed E-state index contributed by atoms with van der Waals surface area (Å²) >= 11 is 0. The molecule has 0 atom stereocenters. The van der Waals surface area contributed by atoms with Crippen LogP contribution in [0.4, 0.5) is 11.5 Å². The van der Waals surface area contributed by atoms with Crippen LogP contribution in [0.3, 0.4) is 0 Å². The molecule has 0 aliphatic carbocycles. The van der Waals surface area contributed by atoms with Crippen LogP contribution >= 0.6 is 0 Å². The van der Waals surface area contributed by atoms with Gasteiger partial charge in [-0.3, -0.25) is 9.59 Å². The summed E-state index contributed by atoms with van der Waals surface area (Å²) in [4.78, 5) is 32.3. The number of nitrogens with one attached hydrogen (secondary N) is 1. The molecule has 31 heavy (non-hydrogen) atoms. The average molecular weight is 422 g/mol. The van der Waals surface area contributed by atoms with Crippen LogP contribution in [0.25, 0.3) is 10.9 Å². The number of piperazine rings is 1. The Morgan fingerprint density at radius 2 is 2.00 bits per heavy atom. The predicted octanol–water partition coefficient (Wildman–Crippen LogP) is 2.73. The van der Waals surface area contributed by atoms with Crippen molar-refractivity contribution >= 4 is 34.7 Å². The number of benzene rings is 1. The Morgan fingerprint density at radius 1 is 1.19 bits per heavy atom. The fourth-order valence-corrected chi connectivity index (χ4v) is 4.05. The van der Waals surface area contributed by atoms with E-state index in [1.54, 1.807) is 18.2 Å². The Bertz CT molecular complexity index is 1070. The van der Waals surface area contributed by atoms with Gasteiger partial charge in [0.1, 0.15) is 11.5 Å². The maximum Gasteiger partial charge on any atom is 0.272 e. The number of carbonyl (C=O) groups is 2. The first kappa shape index (κ1) is 20.9. The molecule has 3 heterocycles. The number of methoxy groups -OCH3 is 1. The molecule has 1 saturated heterocycles. The standard InChI is InChI=1S/C23H27N5O3/c1-3-28-20-6-4-5-17(15-31-2)19(20)13-21(28)23(30)25-18-7-8-22(24-14-18)27-11-9-26(16-29)10-12-27/h4-8,13-14,16H,3,9-12,15H2,1-2H3,(H,25,30). The lowest BCUT2D eigenvalue weighted by atomic mass is 10.1. The van der Waals surface area contributed by atoms with Crippen molar-refractivity contribution < 1.29 is 14.3 Å². The lowest BCUT2D eigenvalue weighted by molar-refractivity contribution is -0.118. The number of amides is 2. The van der Waals surface area contributed by atoms with Crippen molar-refractivity contribution in [2.45, 2.75) is 20.1 Å². The van der Waals surface area contributed by atoms with Gasteiger partial charge in [0.15, 0.2) is 0 Å². The molecule has 2 aromatic heterocycles. The second kappa shape index (κ2) is 9.18. The first-order valence-corrected chi connectivity index (χ1v) is 10.5. The number of nitrogens with zero attached hydrogens (tertiary/aromatic N) is 4. The Labute approximate surface area is 181 Å². The fourth-order valence-electron chi connectivity index (χ4n) is 4.05. The van der Waals surface area contributed by atoms with Crippen LogP contribution < -0.4 is 10.2 Å². The van der Waals surface area contributed by atoms with E-state index in [0.29, 0.717) is 37.6 Å². The van der Waals surface area contributed by atoms with Crippen molar-refractivity contribution in [2.24, 2.45) is 0 Å². The van der Waals surface area contributed by atoms with E-state index < -0.39 is 0 Å². The quantitative estimate of drug-likeness (QED) is 0.594. The number of fused-ring (bicyclic) bond motifs is 1. The van der Waals surface area contributed by atoms with E-state index >= 15 is 0 Å². The molecule has 1 fully saturated rings. The fraction of sp³-hybridized carbons (Fsp3) is 0.348. The van der Waals surface area contributed by atoms with Crippen molar-refractivity contribution in [1.29, 1.82) is 0 Å². The Kier molecular flexibility index (Phi) is 6.18. The van der Waals surface area contributed by atoms with Gasteiger partial charge >= 0.3 is 0 Å². The number of ether oxygens (including phenoxy) is 1. The number of rotatable bonds is 7. The third kappa shape index (κ3) is 4.25. The normalized spacial score (nSPS) is 14.1. The molecule has 8 nitrogen and oxygen atoms in total. The van der Waals surface area contributed by atoms with E-state index in [4.69, 9.17) is 4.74 Å². The first-order valence-electron chi connectivity index (χ1n) is 10.5. The number of anilines is 2. The van der Waals surface area contributed by atoms with Crippen molar-refractivity contribution in [3.05, 3.63) is 53.9 Å². The first-order chi connectivity index (χ1) is 15.1. The van der Waals surface area contributed by atoms with E-state index in [9.17, 15) is 9.59 Å². The average Bonchev–Trinajstić information content (AvgIpc) is 3.20. The van der Waals surface area contributed by atoms with Gasteiger partial charge in [0.05, 0.1) is 18.5 Å². The summed E-state index contributed by atoms with van der Waals surface area (Å²) in [5, 5.41) is 3.99. The summed E-state index contributed by atoms with van der Waals surface area (Å²) in [6, 6.07) is 11.7. The highest BCUT2D eigenvalue weighted by molar-refractivity contribution is 6.06. The molecule has 1 aliphatic heterocycles. The zero-order chi connectivity index (χ0) is 21.8. The Morgan fingerprint density at radius 3 is 2.65 bits per heavy atom. The van der Waals surface area contributed by atoms with Gasteiger partial charge in [-0.05, 0) is 36.8 Å². The second-order valence-corrected chi connectivity index (χ2v) is 7.54. The van der Waals surface area contributed by atoms with Crippen molar-refractivity contribution in [3.63, 3.8) is 0 Å². The van der Waals surface area contributed by atoms with Gasteiger partial charge in [-0.25, -0.2) is 4.98 Å². The highest BCUT2D eigenvalue weighted by Gasteiger charge is 2.18. The Balaban J connectivity index is 1.51. The maximum atomic E-state index is 13.0. The van der Waals surface area contributed by atoms with Gasteiger partial charge in [0.25, 0.3) is 5.91 Å². The highest BCUT2D eigenvalue weighted by Crippen LogP contribution is 2.25. The maximum absolute atomic E-state index is 13.0. The minimum atomic E-state index is -0.171. The van der Waals surface area contributed by atoms with Crippen molar-refractivity contribution in [1.82, 2.24) is 14.5 Å². The number of aromatic nitrogens is 2. The SMILES string of the molecule is CCn1c(C(=O)Nc2ccc(N3CCN(C=O)CC3)nc2)cc2c(COC)cccc21. The molecular formula is C23H27N5O3. The van der Waals surface area contributed by atoms with E-state index in [2.05, 4.69) is 15.2 Å². The van der Waals surface area contributed by atoms with E-state index in [1.165, 1.54) is 0 Å². The van der Waals surface area contributed by atoms with Gasteiger partial charge < -0.3 is 24.4 Å². The van der Waals surface area contributed by atoms with E-state index in [1.807, 2.05) is 47.9 Å². The van der Waals surface area contributed by atoms with Crippen LogP contribution in [0.2, 0.25) is 0 Å². The molecule has 0 bridgehead atoms. The van der Waals surface area contributed by atoms with Gasteiger partial charge in [0, 0.05) is 50.7 Å². The molecular weight excluding hydrogens is 394 g/mol. The molecule has 0 radical (unpaired) electrons. The third-order valence-electron chi connectivity index (χ3n) is 5.68. The number of hydrogen-bond donors (Lipinski definition) is 1. The molecule has 162 valence electrons. The smallest absolute Gasteiger partial charge is 0.272 e. The highest BCUT2D eigenvalue weighted by atomic mass is 16.5. The van der Waals surface area contributed by atoms with Crippen LogP contribution in [0.5, 0.6) is 0 Å². The monoisotopic (exact) mass is 421 g/mol. The summed E-state index contributed by atoms with van der Waals surface area (Å²) in [5.74, 6) is 0.672.